The Morgan fingerprint density at radius 2 is 0.537 bits per heavy atom. The van der Waals surface area contributed by atoms with Crippen LogP contribution in [0, 0.1) is 0 Å². The number of esters is 3. The highest BCUT2D eigenvalue weighted by Crippen LogP contribution is 2.15. The molecule has 0 spiro atoms. The second-order valence-electron chi connectivity index (χ2n) is 19.2. The van der Waals surface area contributed by atoms with Gasteiger partial charge in [-0.2, -0.15) is 0 Å². The van der Waals surface area contributed by atoms with E-state index in [9.17, 15) is 14.4 Å². The SMILES string of the molecule is CCCCC/C=C\C/C=C\C/C=C\C/C=C\CCCCCC(=O)OC[C@@H](COC(=O)CCCCCCCCCCCCCCCC)OC(=O)CCCCCCC/C=C\CCCCCCCCC. The van der Waals surface area contributed by atoms with Gasteiger partial charge in [0.2, 0.25) is 0 Å². The largest absolute Gasteiger partial charge is 0.462 e. The Hall–Kier alpha value is -2.89. The number of unbranched alkanes of at least 4 members (excludes halogenated alkanes) is 31. The first-order chi connectivity index (χ1) is 33.0. The Morgan fingerprint density at radius 1 is 0.299 bits per heavy atom. The summed E-state index contributed by atoms with van der Waals surface area (Å²) < 4.78 is 16.8. The molecule has 0 amide bonds. The van der Waals surface area contributed by atoms with Crippen LogP contribution in [0.3, 0.4) is 0 Å². The van der Waals surface area contributed by atoms with Crippen LogP contribution in [0.1, 0.15) is 290 Å². The molecule has 388 valence electrons. The van der Waals surface area contributed by atoms with Crippen LogP contribution < -0.4 is 0 Å². The Morgan fingerprint density at radius 3 is 0.896 bits per heavy atom. The van der Waals surface area contributed by atoms with Gasteiger partial charge in [-0.1, -0.05) is 242 Å². The average Bonchev–Trinajstić information content (AvgIpc) is 3.33. The highest BCUT2D eigenvalue weighted by molar-refractivity contribution is 5.71. The van der Waals surface area contributed by atoms with Crippen molar-refractivity contribution in [3.63, 3.8) is 0 Å². The quantitative estimate of drug-likeness (QED) is 0.0262. The number of carbonyl (C=O) groups excluding carboxylic acids is 3. The summed E-state index contributed by atoms with van der Waals surface area (Å²) in [6.07, 6.45) is 69.2. The molecule has 0 radical (unpaired) electrons. The van der Waals surface area contributed by atoms with Crippen LogP contribution in [0.5, 0.6) is 0 Å². The second-order valence-corrected chi connectivity index (χ2v) is 19.2. The maximum atomic E-state index is 12.8. The van der Waals surface area contributed by atoms with Gasteiger partial charge in [-0.05, 0) is 89.9 Å². The molecule has 67 heavy (non-hydrogen) atoms. The zero-order chi connectivity index (χ0) is 48.6. The van der Waals surface area contributed by atoms with Crippen molar-refractivity contribution in [2.24, 2.45) is 0 Å². The van der Waals surface area contributed by atoms with Crippen molar-refractivity contribution in [2.45, 2.75) is 297 Å². The number of hydrogen-bond acceptors (Lipinski definition) is 6. The van der Waals surface area contributed by atoms with Crippen molar-refractivity contribution in [3.05, 3.63) is 60.8 Å². The molecule has 0 aromatic carbocycles. The van der Waals surface area contributed by atoms with Crippen LogP contribution in [0.2, 0.25) is 0 Å². The molecule has 1 atom stereocenters. The van der Waals surface area contributed by atoms with E-state index in [-0.39, 0.29) is 31.1 Å². The van der Waals surface area contributed by atoms with Crippen LogP contribution in [0.4, 0.5) is 0 Å². The lowest BCUT2D eigenvalue weighted by Gasteiger charge is -2.18. The molecule has 0 unspecified atom stereocenters. The standard InChI is InChI=1S/C61H108O6/c1-4-7-10-13-16-19-22-25-28-30-31-32-34-36-39-42-45-48-51-54-60(63)66-57-58(56-65-59(62)53-50-47-44-41-38-35-27-24-21-18-15-12-9-6-3)67-61(64)55-52-49-46-43-40-37-33-29-26-23-20-17-14-11-8-5-2/h16,19,25,28-29,31-33,36,39,58H,4-15,17-18,20-24,26-27,30,34-35,37-38,40-57H2,1-3H3/b19-16-,28-25-,32-31-,33-29-,39-36-/t58-/m1/s1. The second kappa shape index (κ2) is 55.7. The van der Waals surface area contributed by atoms with Gasteiger partial charge in [0, 0.05) is 19.3 Å². The molecule has 0 aliphatic heterocycles. The molecular formula is C61H108O6. The molecule has 0 N–H and O–H groups in total. The van der Waals surface area contributed by atoms with E-state index in [1.54, 1.807) is 0 Å². The summed E-state index contributed by atoms with van der Waals surface area (Å²) in [4.78, 5) is 38.1. The van der Waals surface area contributed by atoms with Crippen LogP contribution in [-0.2, 0) is 28.6 Å². The van der Waals surface area contributed by atoms with Crippen LogP contribution >= 0.6 is 0 Å². The van der Waals surface area contributed by atoms with Crippen LogP contribution in [0.25, 0.3) is 0 Å². The summed E-state index contributed by atoms with van der Waals surface area (Å²) in [6, 6.07) is 0. The van der Waals surface area contributed by atoms with Gasteiger partial charge in [0.1, 0.15) is 13.2 Å². The molecule has 0 rings (SSSR count). The maximum absolute atomic E-state index is 12.8. The molecule has 0 aliphatic carbocycles. The van der Waals surface area contributed by atoms with Gasteiger partial charge in [-0.15, -0.1) is 0 Å². The predicted octanol–water partition coefficient (Wildman–Crippen LogP) is 19.2. The smallest absolute Gasteiger partial charge is 0.306 e. The summed E-state index contributed by atoms with van der Waals surface area (Å²) >= 11 is 0. The molecule has 0 aromatic heterocycles. The summed E-state index contributed by atoms with van der Waals surface area (Å²) in [5.41, 5.74) is 0. The number of hydrogen-bond donors (Lipinski definition) is 0. The van der Waals surface area contributed by atoms with Crippen molar-refractivity contribution >= 4 is 17.9 Å². The van der Waals surface area contributed by atoms with Gasteiger partial charge in [0.25, 0.3) is 0 Å². The molecule has 0 aliphatic rings. The summed E-state index contributed by atoms with van der Waals surface area (Å²) in [6.45, 7) is 6.60. The Bertz CT molecular complexity index is 1210. The molecule has 0 heterocycles. The monoisotopic (exact) mass is 937 g/mol. The lowest BCUT2D eigenvalue weighted by atomic mass is 10.0. The molecule has 6 nitrogen and oxygen atoms in total. The molecule has 6 heteroatoms. The fourth-order valence-electron chi connectivity index (χ4n) is 8.13. The van der Waals surface area contributed by atoms with Gasteiger partial charge in [0.05, 0.1) is 0 Å². The Balaban J connectivity index is 4.43. The minimum atomic E-state index is -0.790. The van der Waals surface area contributed by atoms with Crippen molar-refractivity contribution in [1.82, 2.24) is 0 Å². The topological polar surface area (TPSA) is 78.9 Å². The summed E-state index contributed by atoms with van der Waals surface area (Å²) in [7, 11) is 0. The predicted molar refractivity (Wildman–Crippen MR) is 288 cm³/mol. The van der Waals surface area contributed by atoms with Crippen molar-refractivity contribution < 1.29 is 28.6 Å². The number of ether oxygens (including phenoxy) is 3. The van der Waals surface area contributed by atoms with E-state index in [2.05, 4.69) is 81.5 Å². The van der Waals surface area contributed by atoms with E-state index < -0.39 is 6.10 Å². The number of carbonyl (C=O) groups is 3. The summed E-state index contributed by atoms with van der Waals surface area (Å²) in [5.74, 6) is -0.914. The molecule has 0 aromatic rings. The average molecular weight is 938 g/mol. The van der Waals surface area contributed by atoms with E-state index in [4.69, 9.17) is 14.2 Å². The molecular weight excluding hydrogens is 829 g/mol. The Kier molecular flexibility index (Phi) is 53.3. The van der Waals surface area contributed by atoms with Gasteiger partial charge < -0.3 is 14.2 Å². The van der Waals surface area contributed by atoms with Gasteiger partial charge in [0.15, 0.2) is 6.10 Å². The third-order valence-electron chi connectivity index (χ3n) is 12.5. The van der Waals surface area contributed by atoms with Crippen LogP contribution in [-0.4, -0.2) is 37.2 Å². The van der Waals surface area contributed by atoms with E-state index >= 15 is 0 Å². The van der Waals surface area contributed by atoms with Crippen molar-refractivity contribution in [2.75, 3.05) is 13.2 Å². The molecule has 0 saturated carbocycles. The minimum Gasteiger partial charge on any atom is -0.462 e. The van der Waals surface area contributed by atoms with Crippen molar-refractivity contribution in [3.8, 4) is 0 Å². The lowest BCUT2D eigenvalue weighted by Crippen LogP contribution is -2.30. The number of allylic oxidation sites excluding steroid dienone is 10. The highest BCUT2D eigenvalue weighted by atomic mass is 16.6. The fourth-order valence-corrected chi connectivity index (χ4v) is 8.13. The van der Waals surface area contributed by atoms with E-state index in [1.807, 2.05) is 0 Å². The summed E-state index contributed by atoms with van der Waals surface area (Å²) in [5, 5.41) is 0. The zero-order valence-electron chi connectivity index (χ0n) is 44.4. The maximum Gasteiger partial charge on any atom is 0.306 e. The lowest BCUT2D eigenvalue weighted by molar-refractivity contribution is -0.167. The van der Waals surface area contributed by atoms with Gasteiger partial charge in [-0.3, -0.25) is 14.4 Å². The van der Waals surface area contributed by atoms with E-state index in [0.29, 0.717) is 19.3 Å². The first-order valence-electron chi connectivity index (χ1n) is 28.8. The van der Waals surface area contributed by atoms with E-state index in [1.165, 1.54) is 154 Å². The molecule has 0 fully saturated rings. The highest BCUT2D eigenvalue weighted by Gasteiger charge is 2.19. The molecule has 0 saturated heterocycles. The van der Waals surface area contributed by atoms with Gasteiger partial charge >= 0.3 is 17.9 Å². The minimum absolute atomic E-state index is 0.0853. The number of rotatable bonds is 52. The Labute approximate surface area is 415 Å². The third-order valence-corrected chi connectivity index (χ3v) is 12.5. The third kappa shape index (κ3) is 53.9. The normalized spacial score (nSPS) is 12.5. The van der Waals surface area contributed by atoms with Crippen molar-refractivity contribution in [1.29, 1.82) is 0 Å². The van der Waals surface area contributed by atoms with E-state index in [0.717, 1.165) is 96.3 Å². The van der Waals surface area contributed by atoms with Crippen LogP contribution in [0.15, 0.2) is 60.8 Å². The first-order valence-corrected chi connectivity index (χ1v) is 28.8. The molecule has 0 bridgehead atoms. The fraction of sp³-hybridized carbons (Fsp3) is 0.787. The zero-order valence-corrected chi connectivity index (χ0v) is 44.4. The van der Waals surface area contributed by atoms with Gasteiger partial charge in [-0.25, -0.2) is 0 Å². The first kappa shape index (κ1) is 64.1.